The Bertz CT molecular complexity index is 1200. The molecule has 3 aromatic rings. The van der Waals surface area contributed by atoms with Crippen LogP contribution in [-0.4, -0.2) is 32.4 Å². The molecule has 3 amide bonds. The normalized spacial score (nSPS) is 13.5. The number of anilines is 2. The van der Waals surface area contributed by atoms with Crippen LogP contribution < -0.4 is 10.2 Å². The van der Waals surface area contributed by atoms with Crippen LogP contribution in [0.4, 0.5) is 17.2 Å². The van der Waals surface area contributed by atoms with E-state index in [-0.39, 0.29) is 35.9 Å². The number of aromatic nitrogens is 2. The van der Waals surface area contributed by atoms with E-state index in [0.717, 1.165) is 4.90 Å². The van der Waals surface area contributed by atoms with E-state index in [4.69, 9.17) is 0 Å². The maximum absolute atomic E-state index is 12.9. The van der Waals surface area contributed by atoms with Crippen LogP contribution in [0.25, 0.3) is 5.69 Å². The van der Waals surface area contributed by atoms with E-state index in [1.54, 1.807) is 31.2 Å². The predicted octanol–water partition coefficient (Wildman–Crippen LogP) is 2.99. The van der Waals surface area contributed by atoms with Crippen molar-refractivity contribution in [2.45, 2.75) is 19.8 Å². The van der Waals surface area contributed by atoms with Gasteiger partial charge in [-0.15, -0.1) is 0 Å². The third kappa shape index (κ3) is 3.90. The van der Waals surface area contributed by atoms with Crippen LogP contribution >= 0.6 is 0 Å². The molecule has 1 fully saturated rings. The van der Waals surface area contributed by atoms with E-state index < -0.39 is 10.8 Å². The van der Waals surface area contributed by atoms with Crippen LogP contribution in [0, 0.1) is 17.0 Å². The number of carbonyl (C=O) groups excluding carboxylic acids is 3. The minimum atomic E-state index is -0.496. The topological polar surface area (TPSA) is 127 Å². The lowest BCUT2D eigenvalue weighted by atomic mass is 10.1. The highest BCUT2D eigenvalue weighted by Crippen LogP contribution is 2.25. The van der Waals surface area contributed by atoms with Crippen LogP contribution in [0.2, 0.25) is 0 Å². The third-order valence-electron chi connectivity index (χ3n) is 4.80. The Hall–Kier alpha value is -4.34. The third-order valence-corrected chi connectivity index (χ3v) is 4.80. The standard InChI is InChI=1S/C21H17N5O5/c1-13-11-18(25(23-13)15-5-7-16(8-6-15)26(30)31)22-21(29)14-3-2-4-17(12-14)24-19(27)9-10-20(24)28/h2-8,11-12H,9-10H2,1H3,(H,22,29). The molecule has 156 valence electrons. The molecule has 0 saturated carbocycles. The number of carbonyl (C=O) groups is 3. The summed E-state index contributed by atoms with van der Waals surface area (Å²) in [4.78, 5) is 48.3. The second-order valence-electron chi connectivity index (χ2n) is 6.98. The van der Waals surface area contributed by atoms with Crippen molar-refractivity contribution in [3.63, 3.8) is 0 Å². The Morgan fingerprint density at radius 1 is 1.03 bits per heavy atom. The molecular formula is C21H17N5O5. The zero-order valence-corrected chi connectivity index (χ0v) is 16.4. The summed E-state index contributed by atoms with van der Waals surface area (Å²) in [7, 11) is 0. The molecule has 1 N–H and O–H groups in total. The maximum Gasteiger partial charge on any atom is 0.269 e. The van der Waals surface area contributed by atoms with Crippen molar-refractivity contribution in [1.82, 2.24) is 9.78 Å². The average molecular weight is 419 g/mol. The van der Waals surface area contributed by atoms with Gasteiger partial charge in [-0.25, -0.2) is 4.68 Å². The Morgan fingerprint density at radius 3 is 2.35 bits per heavy atom. The van der Waals surface area contributed by atoms with Crippen molar-refractivity contribution in [3.8, 4) is 5.69 Å². The van der Waals surface area contributed by atoms with Crippen molar-refractivity contribution < 1.29 is 19.3 Å². The molecule has 1 aliphatic heterocycles. The molecule has 0 radical (unpaired) electrons. The lowest BCUT2D eigenvalue weighted by Gasteiger charge is -2.15. The molecule has 0 atom stereocenters. The molecule has 4 rings (SSSR count). The van der Waals surface area contributed by atoms with Crippen molar-refractivity contribution in [1.29, 1.82) is 0 Å². The van der Waals surface area contributed by atoms with E-state index in [9.17, 15) is 24.5 Å². The van der Waals surface area contributed by atoms with E-state index in [1.165, 1.54) is 35.0 Å². The summed E-state index contributed by atoms with van der Waals surface area (Å²) in [6, 6.07) is 13.7. The van der Waals surface area contributed by atoms with Gasteiger partial charge in [0.25, 0.3) is 11.6 Å². The van der Waals surface area contributed by atoms with Gasteiger partial charge in [0, 0.05) is 36.6 Å². The van der Waals surface area contributed by atoms with Crippen LogP contribution in [0.1, 0.15) is 28.9 Å². The number of imide groups is 1. The molecular weight excluding hydrogens is 402 g/mol. The first-order valence-corrected chi connectivity index (χ1v) is 9.42. The highest BCUT2D eigenvalue weighted by atomic mass is 16.6. The molecule has 1 aliphatic rings. The van der Waals surface area contributed by atoms with Crippen LogP contribution in [0.15, 0.2) is 54.6 Å². The fraction of sp³-hybridized carbons (Fsp3) is 0.143. The molecule has 31 heavy (non-hydrogen) atoms. The summed E-state index contributed by atoms with van der Waals surface area (Å²) in [6.07, 6.45) is 0.311. The fourth-order valence-corrected chi connectivity index (χ4v) is 3.34. The highest BCUT2D eigenvalue weighted by molar-refractivity contribution is 6.20. The van der Waals surface area contributed by atoms with Gasteiger partial charge in [-0.2, -0.15) is 5.10 Å². The predicted molar refractivity (Wildman–Crippen MR) is 111 cm³/mol. The number of hydrogen-bond acceptors (Lipinski definition) is 6. The van der Waals surface area contributed by atoms with Crippen molar-refractivity contribution in [3.05, 3.63) is 76.0 Å². The molecule has 1 aromatic heterocycles. The summed E-state index contributed by atoms with van der Waals surface area (Å²) < 4.78 is 1.47. The van der Waals surface area contributed by atoms with Gasteiger partial charge in [0.1, 0.15) is 5.82 Å². The Labute approximate surface area is 176 Å². The first-order chi connectivity index (χ1) is 14.8. The Kier molecular flexibility index (Phi) is 5.04. The minimum Gasteiger partial charge on any atom is -0.306 e. The lowest BCUT2D eigenvalue weighted by Crippen LogP contribution is -2.28. The van der Waals surface area contributed by atoms with Gasteiger partial charge in [-0.3, -0.25) is 29.4 Å². The van der Waals surface area contributed by atoms with E-state index in [2.05, 4.69) is 10.4 Å². The highest BCUT2D eigenvalue weighted by Gasteiger charge is 2.30. The first kappa shape index (κ1) is 20.0. The molecule has 0 spiro atoms. The van der Waals surface area contributed by atoms with Gasteiger partial charge in [0.15, 0.2) is 0 Å². The molecule has 2 heterocycles. The lowest BCUT2D eigenvalue weighted by molar-refractivity contribution is -0.384. The summed E-state index contributed by atoms with van der Waals surface area (Å²) in [5, 5.41) is 18.0. The maximum atomic E-state index is 12.9. The number of amides is 3. The zero-order chi connectivity index (χ0) is 22.1. The van der Waals surface area contributed by atoms with Crippen molar-refractivity contribution in [2.24, 2.45) is 0 Å². The largest absolute Gasteiger partial charge is 0.306 e. The number of nitrogens with one attached hydrogen (secondary N) is 1. The number of rotatable bonds is 5. The average Bonchev–Trinajstić information content (AvgIpc) is 3.29. The van der Waals surface area contributed by atoms with Gasteiger partial charge in [0.05, 0.1) is 22.0 Å². The van der Waals surface area contributed by atoms with Crippen LogP contribution in [0.5, 0.6) is 0 Å². The number of non-ortho nitro benzene ring substituents is 1. The van der Waals surface area contributed by atoms with Gasteiger partial charge in [-0.05, 0) is 37.3 Å². The number of hydrogen-bond donors (Lipinski definition) is 1. The number of nitro groups is 1. The first-order valence-electron chi connectivity index (χ1n) is 9.42. The molecule has 2 aromatic carbocycles. The molecule has 1 saturated heterocycles. The van der Waals surface area contributed by atoms with Crippen molar-refractivity contribution >= 4 is 34.9 Å². The Balaban J connectivity index is 1.60. The smallest absolute Gasteiger partial charge is 0.269 e. The second kappa shape index (κ2) is 7.82. The summed E-state index contributed by atoms with van der Waals surface area (Å²) in [5.74, 6) is -0.678. The summed E-state index contributed by atoms with van der Waals surface area (Å²) in [5.41, 5.74) is 1.73. The van der Waals surface area contributed by atoms with Crippen molar-refractivity contribution in [2.75, 3.05) is 10.2 Å². The fourth-order valence-electron chi connectivity index (χ4n) is 3.34. The van der Waals surface area contributed by atoms with E-state index >= 15 is 0 Å². The number of benzene rings is 2. The van der Waals surface area contributed by atoms with Gasteiger partial charge >= 0.3 is 0 Å². The minimum absolute atomic E-state index is 0.0546. The number of nitrogens with zero attached hydrogens (tertiary/aromatic N) is 4. The number of nitro benzene ring substituents is 1. The zero-order valence-electron chi connectivity index (χ0n) is 16.4. The molecule has 0 bridgehead atoms. The van der Waals surface area contributed by atoms with Gasteiger partial charge in [0.2, 0.25) is 11.8 Å². The summed E-state index contributed by atoms with van der Waals surface area (Å²) >= 11 is 0. The molecule has 10 heteroatoms. The number of aryl methyl sites for hydroxylation is 1. The molecule has 0 aliphatic carbocycles. The van der Waals surface area contributed by atoms with Crippen LogP contribution in [-0.2, 0) is 9.59 Å². The van der Waals surface area contributed by atoms with E-state index in [1.807, 2.05) is 0 Å². The second-order valence-corrected chi connectivity index (χ2v) is 6.98. The monoisotopic (exact) mass is 419 g/mol. The van der Waals surface area contributed by atoms with Gasteiger partial charge < -0.3 is 5.32 Å². The summed E-state index contributed by atoms with van der Waals surface area (Å²) in [6.45, 7) is 1.75. The molecule has 10 nitrogen and oxygen atoms in total. The van der Waals surface area contributed by atoms with E-state index in [0.29, 0.717) is 22.9 Å². The SMILES string of the molecule is Cc1cc(NC(=O)c2cccc(N3C(=O)CCC3=O)c2)n(-c2ccc([N+](=O)[O-])cc2)n1. The molecule has 0 unspecified atom stereocenters. The van der Waals surface area contributed by atoms with Crippen LogP contribution in [0.3, 0.4) is 0 Å². The quantitative estimate of drug-likeness (QED) is 0.385. The van der Waals surface area contributed by atoms with Gasteiger partial charge in [-0.1, -0.05) is 6.07 Å². The Morgan fingerprint density at radius 2 is 1.71 bits per heavy atom.